The van der Waals surface area contributed by atoms with E-state index in [-0.39, 0.29) is 5.91 Å². The third-order valence-corrected chi connectivity index (χ3v) is 3.89. The fourth-order valence-corrected chi connectivity index (χ4v) is 2.48. The Bertz CT molecular complexity index is 252. The van der Waals surface area contributed by atoms with E-state index in [1.807, 2.05) is 0 Å². The van der Waals surface area contributed by atoms with E-state index in [9.17, 15) is 9.59 Å². The molecule has 0 heterocycles. The number of aliphatic carboxylic acids is 1. The number of rotatable bonds is 5. The van der Waals surface area contributed by atoms with E-state index >= 15 is 0 Å². The molecular weight excluding hydrogens is 269 g/mol. The summed E-state index contributed by atoms with van der Waals surface area (Å²) >= 11 is 1.30. The molecule has 0 radical (unpaired) electrons. The van der Waals surface area contributed by atoms with E-state index in [4.69, 9.17) is 5.11 Å². The number of nitrogens with one attached hydrogen (secondary N) is 1. The minimum absolute atomic E-state index is 0.150. The average Bonchev–Trinajstić information content (AvgIpc) is 2.29. The Balaban J connectivity index is 2.43. The van der Waals surface area contributed by atoms with Crippen molar-refractivity contribution < 1.29 is 14.7 Å². The second-order valence-corrected chi connectivity index (χ2v) is 5.26. The summed E-state index contributed by atoms with van der Waals surface area (Å²) < 4.78 is 0. The van der Waals surface area contributed by atoms with Crippen molar-refractivity contribution in [3.05, 3.63) is 0 Å². The number of carboxylic acid groups (broad SMARTS) is 1. The van der Waals surface area contributed by atoms with Gasteiger partial charge in [0.2, 0.25) is 0 Å². The first-order valence-corrected chi connectivity index (χ1v) is 7.57. The standard InChI is InChI=1S/C11H20AsNO3/c12-7-10(14)13-9(11(15)16)6-8-4-2-1-3-5-8/h8-9H,1-7,12H2,(H,13,14)(H,15,16)/t9-/m1/s1. The zero-order valence-corrected chi connectivity index (χ0v) is 11.9. The molecule has 4 nitrogen and oxygen atoms in total. The van der Waals surface area contributed by atoms with Crippen LogP contribution < -0.4 is 5.32 Å². The maximum atomic E-state index is 11.2. The molecular formula is C11H20AsNO3. The fraction of sp³-hybridized carbons (Fsp3) is 0.818. The molecule has 1 amide bonds. The molecule has 92 valence electrons. The van der Waals surface area contributed by atoms with Crippen LogP contribution in [0.25, 0.3) is 0 Å². The number of hydrogen-bond donors (Lipinski definition) is 2. The predicted molar refractivity (Wildman–Crippen MR) is 64.1 cm³/mol. The van der Waals surface area contributed by atoms with Crippen molar-refractivity contribution in [3.63, 3.8) is 0 Å². The first-order valence-electron chi connectivity index (χ1n) is 5.85. The van der Waals surface area contributed by atoms with Crippen LogP contribution in [0.15, 0.2) is 0 Å². The quantitative estimate of drug-likeness (QED) is 0.728. The first-order chi connectivity index (χ1) is 7.63. The van der Waals surface area contributed by atoms with Gasteiger partial charge in [-0.3, -0.25) is 0 Å². The fourth-order valence-electron chi connectivity index (χ4n) is 2.23. The summed E-state index contributed by atoms with van der Waals surface area (Å²) in [5.41, 5.74) is 0. The maximum absolute atomic E-state index is 11.2. The Kier molecular flexibility index (Phi) is 5.89. The molecule has 16 heavy (non-hydrogen) atoms. The Hall–Kier alpha value is -0.502. The van der Waals surface area contributed by atoms with Crippen molar-refractivity contribution in [1.29, 1.82) is 0 Å². The Labute approximate surface area is 105 Å². The summed E-state index contributed by atoms with van der Waals surface area (Å²) in [5.74, 6) is -0.583. The van der Waals surface area contributed by atoms with Gasteiger partial charge in [-0.15, -0.1) is 0 Å². The monoisotopic (exact) mass is 289 g/mol. The predicted octanol–water partition coefficient (Wildman–Crippen LogP) is 0.578. The van der Waals surface area contributed by atoms with E-state index < -0.39 is 12.0 Å². The van der Waals surface area contributed by atoms with Crippen LogP contribution in [0.4, 0.5) is 0 Å². The molecule has 0 aromatic carbocycles. The molecule has 5 heteroatoms. The van der Waals surface area contributed by atoms with Gasteiger partial charge in [0, 0.05) is 0 Å². The van der Waals surface area contributed by atoms with Crippen LogP contribution >= 0.6 is 0 Å². The third-order valence-electron chi connectivity index (χ3n) is 3.11. The molecule has 1 rings (SSSR count). The Morgan fingerprint density at radius 2 is 1.94 bits per heavy atom. The number of carbonyl (C=O) groups excluding carboxylic acids is 1. The number of carboxylic acids is 1. The molecule has 1 fully saturated rings. The molecule has 0 aliphatic heterocycles. The van der Waals surface area contributed by atoms with Gasteiger partial charge in [0.1, 0.15) is 0 Å². The van der Waals surface area contributed by atoms with Crippen molar-refractivity contribution in [2.45, 2.75) is 49.8 Å². The third kappa shape index (κ3) is 4.56. The van der Waals surface area contributed by atoms with E-state index in [1.165, 1.54) is 36.1 Å². The Morgan fingerprint density at radius 3 is 2.44 bits per heavy atom. The average molecular weight is 289 g/mol. The van der Waals surface area contributed by atoms with E-state index in [0.29, 0.717) is 17.5 Å². The zero-order chi connectivity index (χ0) is 12.0. The molecule has 1 aliphatic rings. The van der Waals surface area contributed by atoms with E-state index in [1.54, 1.807) is 0 Å². The second kappa shape index (κ2) is 6.95. The molecule has 1 aliphatic carbocycles. The van der Waals surface area contributed by atoms with Crippen LogP contribution in [0.3, 0.4) is 0 Å². The minimum atomic E-state index is -0.903. The molecule has 0 aromatic heterocycles. The molecule has 0 spiro atoms. The van der Waals surface area contributed by atoms with Crippen LogP contribution in [0, 0.1) is 5.92 Å². The molecule has 2 N–H and O–H groups in total. The summed E-state index contributed by atoms with van der Waals surface area (Å²) in [5, 5.41) is 12.0. The molecule has 0 aromatic rings. The molecule has 0 bridgehead atoms. The summed E-state index contributed by atoms with van der Waals surface area (Å²) in [4.78, 5) is 22.2. The number of hydrogen-bond acceptors (Lipinski definition) is 2. The van der Waals surface area contributed by atoms with Gasteiger partial charge < -0.3 is 0 Å². The van der Waals surface area contributed by atoms with Crippen LogP contribution in [-0.2, 0) is 9.59 Å². The van der Waals surface area contributed by atoms with E-state index in [2.05, 4.69) is 5.32 Å². The van der Waals surface area contributed by atoms with Crippen molar-refractivity contribution in [1.82, 2.24) is 5.32 Å². The zero-order valence-electron chi connectivity index (χ0n) is 9.45. The van der Waals surface area contributed by atoms with E-state index in [0.717, 1.165) is 12.8 Å². The van der Waals surface area contributed by atoms with Gasteiger partial charge in [-0.25, -0.2) is 0 Å². The van der Waals surface area contributed by atoms with Crippen LogP contribution in [0.1, 0.15) is 38.5 Å². The summed E-state index contributed by atoms with van der Waals surface area (Å²) in [6.45, 7) is 0. The molecule has 1 saturated carbocycles. The van der Waals surface area contributed by atoms with Crippen molar-refractivity contribution >= 4 is 28.7 Å². The number of carbonyl (C=O) groups is 2. The van der Waals surface area contributed by atoms with Crippen molar-refractivity contribution in [2.24, 2.45) is 5.92 Å². The van der Waals surface area contributed by atoms with Crippen LogP contribution in [0.5, 0.6) is 0 Å². The van der Waals surface area contributed by atoms with Crippen molar-refractivity contribution in [2.75, 3.05) is 0 Å². The topological polar surface area (TPSA) is 66.4 Å². The van der Waals surface area contributed by atoms with Gasteiger partial charge in [-0.1, -0.05) is 0 Å². The summed E-state index contributed by atoms with van der Waals surface area (Å²) in [6.07, 6.45) is 6.46. The van der Waals surface area contributed by atoms with Gasteiger partial charge in [-0.05, 0) is 0 Å². The van der Waals surface area contributed by atoms with Crippen LogP contribution in [0.2, 0.25) is 5.21 Å². The van der Waals surface area contributed by atoms with Gasteiger partial charge in [0.25, 0.3) is 0 Å². The molecule has 1 unspecified atom stereocenters. The second-order valence-electron chi connectivity index (χ2n) is 4.40. The molecule has 0 saturated heterocycles. The first kappa shape index (κ1) is 13.6. The van der Waals surface area contributed by atoms with Gasteiger partial charge >= 0.3 is 104 Å². The van der Waals surface area contributed by atoms with Gasteiger partial charge in [0.15, 0.2) is 0 Å². The molecule has 2 atom stereocenters. The normalized spacial score (nSPS) is 19.1. The van der Waals surface area contributed by atoms with Crippen molar-refractivity contribution in [3.8, 4) is 0 Å². The van der Waals surface area contributed by atoms with Gasteiger partial charge in [0.05, 0.1) is 0 Å². The Morgan fingerprint density at radius 1 is 1.31 bits per heavy atom. The summed E-state index contributed by atoms with van der Waals surface area (Å²) in [7, 11) is 0. The summed E-state index contributed by atoms with van der Waals surface area (Å²) in [6, 6.07) is -0.689. The number of amides is 1. The SMILES string of the molecule is O=C(C[AsH2])N[C@H](CC1CCCCC1)C(=O)O. The van der Waals surface area contributed by atoms with Gasteiger partial charge in [-0.2, -0.15) is 0 Å². The van der Waals surface area contributed by atoms with Crippen LogP contribution in [-0.4, -0.2) is 39.9 Å².